The van der Waals surface area contributed by atoms with E-state index < -0.39 is 0 Å². The number of amides is 1. The van der Waals surface area contributed by atoms with Gasteiger partial charge in [0.05, 0.1) is 24.7 Å². The first-order valence-electron chi connectivity index (χ1n) is 8.14. The highest BCUT2D eigenvalue weighted by molar-refractivity contribution is 7.07. The van der Waals surface area contributed by atoms with E-state index in [0.29, 0.717) is 18.8 Å². The first-order chi connectivity index (χ1) is 11.8. The summed E-state index contributed by atoms with van der Waals surface area (Å²) < 4.78 is 12.0. The van der Waals surface area contributed by atoms with Crippen molar-refractivity contribution < 1.29 is 14.3 Å². The quantitative estimate of drug-likeness (QED) is 0.849. The molecule has 24 heavy (non-hydrogen) atoms. The highest BCUT2D eigenvalue weighted by Crippen LogP contribution is 2.32. The Bertz CT molecular complexity index is 680. The third-order valence-corrected chi connectivity index (χ3v) is 5.19. The Kier molecular flexibility index (Phi) is 4.55. The largest absolute Gasteiger partial charge is 0.373 e. The second-order valence-corrected chi connectivity index (χ2v) is 6.80. The molecule has 126 valence electrons. The molecular formula is C17H19N3O3S. The van der Waals surface area contributed by atoms with Gasteiger partial charge < -0.3 is 14.4 Å². The fraction of sp³-hybridized carbons (Fsp3) is 0.471. The molecule has 0 unspecified atom stereocenters. The summed E-state index contributed by atoms with van der Waals surface area (Å²) in [5, 5.41) is 1.80. The minimum atomic E-state index is -0.106. The number of carbonyl (C=O) groups excluding carboxylic acids is 1. The number of nitrogens with zero attached hydrogens (tertiary/aromatic N) is 3. The zero-order valence-corrected chi connectivity index (χ0v) is 14.0. The number of ether oxygens (including phenoxy) is 2. The van der Waals surface area contributed by atoms with Crippen LogP contribution in [0.15, 0.2) is 35.4 Å². The molecule has 3 atom stereocenters. The van der Waals surface area contributed by atoms with Gasteiger partial charge in [0.15, 0.2) is 0 Å². The van der Waals surface area contributed by atoms with Gasteiger partial charge in [-0.2, -0.15) is 0 Å². The number of carbonyl (C=O) groups is 1. The zero-order chi connectivity index (χ0) is 16.4. The highest BCUT2D eigenvalue weighted by atomic mass is 32.1. The molecule has 0 aromatic carbocycles. The molecule has 0 N–H and O–H groups in total. The van der Waals surface area contributed by atoms with Gasteiger partial charge in [-0.3, -0.25) is 9.78 Å². The topological polar surface area (TPSA) is 64.6 Å². The summed E-state index contributed by atoms with van der Waals surface area (Å²) in [7, 11) is 0. The van der Waals surface area contributed by atoms with Crippen LogP contribution < -0.4 is 0 Å². The fourth-order valence-electron chi connectivity index (χ4n) is 3.44. The van der Waals surface area contributed by atoms with Crippen molar-refractivity contribution in [1.82, 2.24) is 14.9 Å². The second-order valence-electron chi connectivity index (χ2n) is 6.08. The summed E-state index contributed by atoms with van der Waals surface area (Å²) in [5.41, 5.74) is 3.27. The van der Waals surface area contributed by atoms with Gasteiger partial charge in [-0.1, -0.05) is 0 Å². The SMILES string of the molecule is O=C(c1cscn1)N1C[C@@H](OCc2ccncc2)[C@H]2OCCC[C@H]21. The normalized spacial score (nSPS) is 26.3. The number of hydrogen-bond acceptors (Lipinski definition) is 6. The van der Waals surface area contributed by atoms with Crippen LogP contribution in [0.1, 0.15) is 28.9 Å². The van der Waals surface area contributed by atoms with E-state index >= 15 is 0 Å². The van der Waals surface area contributed by atoms with E-state index in [0.717, 1.165) is 25.0 Å². The standard InChI is InChI=1S/C17H19N3O3S/c21-17(13-10-24-11-19-13)20-8-15(16-14(20)2-1-7-22-16)23-9-12-3-5-18-6-4-12/h3-6,10-11,14-16H,1-2,7-9H2/t14-,15-,16+/m1/s1. The molecule has 2 aliphatic rings. The molecule has 2 aromatic rings. The van der Waals surface area contributed by atoms with E-state index in [1.165, 1.54) is 11.3 Å². The van der Waals surface area contributed by atoms with E-state index in [9.17, 15) is 4.79 Å². The molecule has 4 rings (SSSR count). The van der Waals surface area contributed by atoms with E-state index in [1.807, 2.05) is 17.0 Å². The zero-order valence-electron chi connectivity index (χ0n) is 13.2. The van der Waals surface area contributed by atoms with Crippen LogP contribution in [0, 0.1) is 0 Å². The molecule has 0 bridgehead atoms. The molecule has 2 saturated heterocycles. The molecule has 6 nitrogen and oxygen atoms in total. The van der Waals surface area contributed by atoms with E-state index in [2.05, 4.69) is 9.97 Å². The number of fused-ring (bicyclic) bond motifs is 1. The maximum Gasteiger partial charge on any atom is 0.273 e. The van der Waals surface area contributed by atoms with Crippen molar-refractivity contribution in [2.75, 3.05) is 13.2 Å². The second kappa shape index (κ2) is 6.96. The lowest BCUT2D eigenvalue weighted by Crippen LogP contribution is -2.44. The summed E-state index contributed by atoms with van der Waals surface area (Å²) in [4.78, 5) is 22.8. The van der Waals surface area contributed by atoms with Gasteiger partial charge in [-0.15, -0.1) is 11.3 Å². The van der Waals surface area contributed by atoms with Crippen LogP contribution >= 0.6 is 11.3 Å². The van der Waals surface area contributed by atoms with Crippen LogP contribution in [-0.2, 0) is 16.1 Å². The smallest absolute Gasteiger partial charge is 0.273 e. The van der Waals surface area contributed by atoms with Crippen molar-refractivity contribution >= 4 is 17.2 Å². The van der Waals surface area contributed by atoms with Gasteiger partial charge >= 0.3 is 0 Å². The van der Waals surface area contributed by atoms with Gasteiger partial charge in [0.25, 0.3) is 5.91 Å². The number of rotatable bonds is 4. The lowest BCUT2D eigenvalue weighted by Gasteiger charge is -2.31. The maximum atomic E-state index is 12.7. The molecule has 4 heterocycles. The third-order valence-electron chi connectivity index (χ3n) is 4.60. The van der Waals surface area contributed by atoms with E-state index in [-0.39, 0.29) is 24.2 Å². The van der Waals surface area contributed by atoms with Crippen molar-refractivity contribution in [3.8, 4) is 0 Å². The summed E-state index contributed by atoms with van der Waals surface area (Å²) in [6.45, 7) is 1.78. The average molecular weight is 345 g/mol. The Morgan fingerprint density at radius 3 is 3.08 bits per heavy atom. The van der Waals surface area contributed by atoms with Crippen molar-refractivity contribution in [1.29, 1.82) is 0 Å². The van der Waals surface area contributed by atoms with Crippen LogP contribution in [0.2, 0.25) is 0 Å². The first kappa shape index (κ1) is 15.7. The first-order valence-corrected chi connectivity index (χ1v) is 9.08. The number of aromatic nitrogens is 2. The number of hydrogen-bond donors (Lipinski definition) is 0. The van der Waals surface area contributed by atoms with E-state index in [1.54, 1.807) is 23.3 Å². The Hall–Kier alpha value is -1.83. The van der Waals surface area contributed by atoms with Crippen LogP contribution in [0.3, 0.4) is 0 Å². The van der Waals surface area contributed by atoms with Gasteiger partial charge in [-0.25, -0.2) is 4.98 Å². The molecule has 0 aliphatic carbocycles. The molecule has 1 amide bonds. The summed E-state index contributed by atoms with van der Waals surface area (Å²) in [6.07, 6.45) is 5.28. The number of likely N-dealkylation sites (tertiary alicyclic amines) is 1. The van der Waals surface area contributed by atoms with Gasteiger partial charge in [0.2, 0.25) is 0 Å². The predicted octanol–water partition coefficient (Wildman–Crippen LogP) is 2.13. The minimum Gasteiger partial charge on any atom is -0.373 e. The average Bonchev–Trinajstić information content (AvgIpc) is 3.29. The molecule has 2 aliphatic heterocycles. The van der Waals surface area contributed by atoms with Crippen molar-refractivity contribution in [3.63, 3.8) is 0 Å². The van der Waals surface area contributed by atoms with Crippen molar-refractivity contribution in [2.45, 2.75) is 37.7 Å². The fourth-order valence-corrected chi connectivity index (χ4v) is 3.96. The van der Waals surface area contributed by atoms with Crippen LogP contribution in [0.5, 0.6) is 0 Å². The Labute approximate surface area is 144 Å². The summed E-state index contributed by atoms with van der Waals surface area (Å²) in [6, 6.07) is 3.95. The monoisotopic (exact) mass is 345 g/mol. The van der Waals surface area contributed by atoms with Gasteiger partial charge in [-0.05, 0) is 30.5 Å². The molecular weight excluding hydrogens is 326 g/mol. The lowest BCUT2D eigenvalue weighted by molar-refractivity contribution is -0.0809. The van der Waals surface area contributed by atoms with E-state index in [4.69, 9.17) is 9.47 Å². The lowest BCUT2D eigenvalue weighted by atomic mass is 10.0. The summed E-state index contributed by atoms with van der Waals surface area (Å²) >= 11 is 1.44. The number of pyridine rings is 1. The molecule has 2 fully saturated rings. The molecule has 2 aromatic heterocycles. The van der Waals surface area contributed by atoms with Crippen LogP contribution in [-0.4, -0.2) is 52.2 Å². The summed E-state index contributed by atoms with van der Waals surface area (Å²) in [5.74, 6) is -0.0215. The van der Waals surface area contributed by atoms with Crippen molar-refractivity contribution in [3.05, 3.63) is 46.7 Å². The maximum absolute atomic E-state index is 12.7. The minimum absolute atomic E-state index is 0.0215. The van der Waals surface area contributed by atoms with Gasteiger partial charge in [0.1, 0.15) is 17.9 Å². The Balaban J connectivity index is 1.48. The molecule has 0 saturated carbocycles. The third kappa shape index (κ3) is 3.07. The predicted molar refractivity (Wildman–Crippen MR) is 88.7 cm³/mol. The van der Waals surface area contributed by atoms with Gasteiger partial charge in [0, 0.05) is 24.4 Å². The Morgan fingerprint density at radius 2 is 2.29 bits per heavy atom. The molecule has 0 radical (unpaired) electrons. The molecule has 7 heteroatoms. The highest BCUT2D eigenvalue weighted by Gasteiger charge is 2.47. The van der Waals surface area contributed by atoms with Crippen LogP contribution in [0.25, 0.3) is 0 Å². The number of thiazole rings is 1. The Morgan fingerprint density at radius 1 is 1.42 bits per heavy atom. The van der Waals surface area contributed by atoms with Crippen molar-refractivity contribution in [2.24, 2.45) is 0 Å². The van der Waals surface area contributed by atoms with Crippen LogP contribution in [0.4, 0.5) is 0 Å². The molecule has 0 spiro atoms.